The molecular formula is C13H17N2O4P. The van der Waals surface area contributed by atoms with Crippen LogP contribution in [0.4, 0.5) is 0 Å². The van der Waals surface area contributed by atoms with E-state index in [1.165, 1.54) is 6.42 Å². The largest absolute Gasteiger partial charge is 0.524 e. The normalized spacial score (nSPS) is 19.6. The summed E-state index contributed by atoms with van der Waals surface area (Å²) in [5, 5.41) is 4.17. The number of nitrogens with one attached hydrogen (secondary N) is 2. The molecule has 1 saturated heterocycles. The highest BCUT2D eigenvalue weighted by Crippen LogP contribution is 2.41. The molecule has 6 nitrogen and oxygen atoms in total. The van der Waals surface area contributed by atoms with Gasteiger partial charge in [0.1, 0.15) is 5.75 Å². The van der Waals surface area contributed by atoms with Crippen LogP contribution in [0, 0.1) is 0 Å². The molecule has 2 heterocycles. The van der Waals surface area contributed by atoms with Crippen molar-refractivity contribution in [2.24, 2.45) is 0 Å². The van der Waals surface area contributed by atoms with E-state index in [0.717, 1.165) is 35.9 Å². The molecule has 1 atom stereocenters. The molecule has 1 fully saturated rings. The minimum Gasteiger partial charge on any atom is -0.404 e. The summed E-state index contributed by atoms with van der Waals surface area (Å²) >= 11 is 0. The molecule has 1 aromatic carbocycles. The average Bonchev–Trinajstić information content (AvgIpc) is 2.98. The van der Waals surface area contributed by atoms with Crippen molar-refractivity contribution < 1.29 is 18.9 Å². The predicted molar refractivity (Wildman–Crippen MR) is 75.7 cm³/mol. The first-order valence-corrected chi connectivity index (χ1v) is 8.13. The van der Waals surface area contributed by atoms with Gasteiger partial charge in [0, 0.05) is 23.1 Å². The van der Waals surface area contributed by atoms with E-state index < -0.39 is 7.82 Å². The van der Waals surface area contributed by atoms with E-state index >= 15 is 0 Å². The van der Waals surface area contributed by atoms with Crippen LogP contribution in [-0.4, -0.2) is 27.4 Å². The zero-order valence-electron chi connectivity index (χ0n) is 10.9. The summed E-state index contributed by atoms with van der Waals surface area (Å²) in [6.07, 6.45) is 4.99. The van der Waals surface area contributed by atoms with Crippen LogP contribution in [0.3, 0.4) is 0 Å². The van der Waals surface area contributed by atoms with Gasteiger partial charge in [-0.25, -0.2) is 4.57 Å². The van der Waals surface area contributed by atoms with E-state index in [1.54, 1.807) is 12.1 Å². The number of phosphoric acid groups is 1. The lowest BCUT2D eigenvalue weighted by Gasteiger charge is -2.12. The minimum atomic E-state index is -4.55. The maximum absolute atomic E-state index is 11.1. The van der Waals surface area contributed by atoms with E-state index in [9.17, 15) is 4.57 Å². The van der Waals surface area contributed by atoms with Crippen LogP contribution < -0.4 is 9.84 Å². The lowest BCUT2D eigenvalue weighted by atomic mass is 10.0. The van der Waals surface area contributed by atoms with E-state index in [0.29, 0.717) is 6.04 Å². The van der Waals surface area contributed by atoms with Gasteiger partial charge in [0.05, 0.1) is 0 Å². The molecule has 0 bridgehead atoms. The van der Waals surface area contributed by atoms with E-state index in [1.807, 2.05) is 12.3 Å². The molecule has 7 heteroatoms. The van der Waals surface area contributed by atoms with Crippen molar-refractivity contribution in [2.75, 3.05) is 6.54 Å². The molecule has 4 N–H and O–H groups in total. The second-order valence-electron chi connectivity index (χ2n) is 5.07. The van der Waals surface area contributed by atoms with Gasteiger partial charge in [-0.3, -0.25) is 9.79 Å². The van der Waals surface area contributed by atoms with Gasteiger partial charge in [-0.2, -0.15) is 0 Å². The van der Waals surface area contributed by atoms with Crippen molar-refractivity contribution in [1.29, 1.82) is 0 Å². The molecule has 0 spiro atoms. The van der Waals surface area contributed by atoms with Crippen LogP contribution in [0.5, 0.6) is 5.75 Å². The number of rotatable bonds is 4. The molecular weight excluding hydrogens is 279 g/mol. The molecule has 20 heavy (non-hydrogen) atoms. The third-order valence-electron chi connectivity index (χ3n) is 3.60. The highest BCUT2D eigenvalue weighted by atomic mass is 31.2. The van der Waals surface area contributed by atoms with Crippen LogP contribution >= 0.6 is 7.82 Å². The van der Waals surface area contributed by atoms with Gasteiger partial charge in [0.25, 0.3) is 0 Å². The smallest absolute Gasteiger partial charge is 0.404 e. The number of aromatic amines is 1. The van der Waals surface area contributed by atoms with Gasteiger partial charge < -0.3 is 14.8 Å². The number of hydrogen-bond acceptors (Lipinski definition) is 3. The summed E-state index contributed by atoms with van der Waals surface area (Å²) in [5.74, 6) is 0.227. The van der Waals surface area contributed by atoms with Crippen LogP contribution in [0.15, 0.2) is 24.4 Å². The summed E-state index contributed by atoms with van der Waals surface area (Å²) in [4.78, 5) is 21.1. The second-order valence-corrected chi connectivity index (χ2v) is 6.24. The predicted octanol–water partition coefficient (Wildman–Crippen LogP) is 1.93. The fraction of sp³-hybridized carbons (Fsp3) is 0.385. The molecule has 0 saturated carbocycles. The van der Waals surface area contributed by atoms with Crippen molar-refractivity contribution in [1.82, 2.24) is 10.3 Å². The monoisotopic (exact) mass is 296 g/mol. The molecule has 0 amide bonds. The van der Waals surface area contributed by atoms with Crippen LogP contribution in [0.1, 0.15) is 18.4 Å². The maximum Gasteiger partial charge on any atom is 0.524 e. The number of aromatic nitrogens is 1. The Balaban J connectivity index is 1.97. The topological polar surface area (TPSA) is 94.6 Å². The molecule has 108 valence electrons. The molecule has 0 radical (unpaired) electrons. The minimum absolute atomic E-state index is 0.227. The van der Waals surface area contributed by atoms with Gasteiger partial charge >= 0.3 is 7.82 Å². The lowest BCUT2D eigenvalue weighted by Crippen LogP contribution is -2.23. The van der Waals surface area contributed by atoms with Gasteiger partial charge in [-0.15, -0.1) is 0 Å². The first-order chi connectivity index (χ1) is 9.53. The summed E-state index contributed by atoms with van der Waals surface area (Å²) in [7, 11) is -4.55. The number of fused-ring (bicyclic) bond motifs is 1. The van der Waals surface area contributed by atoms with E-state index in [4.69, 9.17) is 14.3 Å². The highest BCUT2D eigenvalue weighted by molar-refractivity contribution is 7.46. The summed E-state index contributed by atoms with van der Waals surface area (Å²) in [6, 6.07) is 5.58. The third kappa shape index (κ3) is 2.88. The Morgan fingerprint density at radius 2 is 2.25 bits per heavy atom. The first-order valence-electron chi connectivity index (χ1n) is 6.60. The van der Waals surface area contributed by atoms with Crippen molar-refractivity contribution in [3.63, 3.8) is 0 Å². The average molecular weight is 296 g/mol. The van der Waals surface area contributed by atoms with Crippen molar-refractivity contribution >= 4 is 18.7 Å². The van der Waals surface area contributed by atoms with Gasteiger partial charge in [0.2, 0.25) is 0 Å². The Morgan fingerprint density at radius 1 is 1.40 bits per heavy atom. The Kier molecular flexibility index (Phi) is 3.56. The Morgan fingerprint density at radius 3 is 2.95 bits per heavy atom. The maximum atomic E-state index is 11.1. The molecule has 0 aliphatic carbocycles. The van der Waals surface area contributed by atoms with Crippen LogP contribution in [0.2, 0.25) is 0 Å². The van der Waals surface area contributed by atoms with E-state index in [2.05, 4.69) is 10.3 Å². The number of benzene rings is 1. The molecule has 0 unspecified atom stereocenters. The number of H-pyrrole nitrogens is 1. The number of hydrogen-bond donors (Lipinski definition) is 4. The molecule has 1 aliphatic rings. The summed E-state index contributed by atoms with van der Waals surface area (Å²) in [5.41, 5.74) is 1.84. The van der Waals surface area contributed by atoms with Gasteiger partial charge in [-0.1, -0.05) is 6.07 Å². The van der Waals surface area contributed by atoms with Crippen LogP contribution in [-0.2, 0) is 11.0 Å². The molecule has 2 aromatic rings. The zero-order valence-corrected chi connectivity index (χ0v) is 11.8. The standard InChI is InChI=1S/C13H17N2O4P/c16-20(17,18)19-12-5-1-4-11-13(12)9(8-15-11)7-10-3-2-6-14-10/h1,4-5,8,10,14-15H,2-3,6-7H2,(H2,16,17,18)/t10-/m1/s1. The second kappa shape index (κ2) is 5.22. The zero-order chi connectivity index (χ0) is 14.2. The Labute approximate surface area is 116 Å². The van der Waals surface area contributed by atoms with Crippen LogP contribution in [0.25, 0.3) is 10.9 Å². The Hall–Kier alpha value is -1.33. The fourth-order valence-corrected chi connectivity index (χ4v) is 3.19. The van der Waals surface area contributed by atoms with Crippen molar-refractivity contribution in [3.8, 4) is 5.75 Å². The molecule has 3 rings (SSSR count). The first kappa shape index (κ1) is 13.6. The van der Waals surface area contributed by atoms with Crippen molar-refractivity contribution in [2.45, 2.75) is 25.3 Å². The summed E-state index contributed by atoms with van der Waals surface area (Å²) in [6.45, 7) is 1.03. The quantitative estimate of drug-likeness (QED) is 0.647. The van der Waals surface area contributed by atoms with Crippen molar-refractivity contribution in [3.05, 3.63) is 30.0 Å². The fourth-order valence-electron chi connectivity index (χ4n) is 2.78. The van der Waals surface area contributed by atoms with E-state index in [-0.39, 0.29) is 5.75 Å². The highest BCUT2D eigenvalue weighted by Gasteiger charge is 2.21. The Bertz CT molecular complexity index is 657. The summed E-state index contributed by atoms with van der Waals surface area (Å²) < 4.78 is 15.9. The molecule has 1 aromatic heterocycles. The molecule has 1 aliphatic heterocycles. The third-order valence-corrected chi connectivity index (χ3v) is 4.03. The number of phosphoric ester groups is 1. The van der Waals surface area contributed by atoms with Gasteiger partial charge in [0.15, 0.2) is 0 Å². The van der Waals surface area contributed by atoms with Gasteiger partial charge in [-0.05, 0) is 43.5 Å². The SMILES string of the molecule is O=P(O)(O)Oc1cccc2[nH]cc(C[C@H]3CCCN3)c12. The lowest BCUT2D eigenvalue weighted by molar-refractivity contribution is 0.284.